The van der Waals surface area contributed by atoms with Crippen molar-refractivity contribution in [1.82, 2.24) is 14.5 Å². The first kappa shape index (κ1) is 16.2. The number of rotatable bonds is 8. The predicted octanol–water partition coefficient (Wildman–Crippen LogP) is 1.10. The molecule has 1 saturated heterocycles. The van der Waals surface area contributed by atoms with Crippen LogP contribution in [0.25, 0.3) is 0 Å². The number of nitrogens with one attached hydrogen (secondary N) is 1. The SMILES string of the molecule is CC(C)CN(C)CCN1CCO[C@@H](CCNS)C1. The van der Waals surface area contributed by atoms with Gasteiger partial charge in [-0.05, 0) is 19.4 Å². The van der Waals surface area contributed by atoms with Crippen molar-refractivity contribution in [2.45, 2.75) is 26.4 Å². The van der Waals surface area contributed by atoms with Gasteiger partial charge in [-0.1, -0.05) is 26.7 Å². The number of nitrogens with zero attached hydrogens (tertiary/aromatic N) is 2. The van der Waals surface area contributed by atoms with Crippen molar-refractivity contribution in [3.8, 4) is 0 Å². The van der Waals surface area contributed by atoms with E-state index < -0.39 is 0 Å². The molecule has 0 spiro atoms. The summed E-state index contributed by atoms with van der Waals surface area (Å²) in [4.78, 5) is 4.94. The average Bonchev–Trinajstić information content (AvgIpc) is 2.33. The molecule has 0 aromatic heterocycles. The molecule has 0 saturated carbocycles. The molecule has 108 valence electrons. The summed E-state index contributed by atoms with van der Waals surface area (Å²) in [6.07, 6.45) is 1.41. The van der Waals surface area contributed by atoms with Gasteiger partial charge in [0.1, 0.15) is 0 Å². The standard InChI is InChI=1S/C13H29N3OS/c1-12(2)10-15(3)6-7-16-8-9-17-13(11-16)4-5-14-18/h12-14,18H,4-11H2,1-3H3/t13-/m0/s1. The molecule has 0 aromatic carbocycles. The topological polar surface area (TPSA) is 27.7 Å². The molecule has 5 heteroatoms. The molecule has 0 aromatic rings. The molecule has 1 N–H and O–H groups in total. The van der Waals surface area contributed by atoms with Crippen molar-refractivity contribution < 1.29 is 4.74 Å². The average molecular weight is 275 g/mol. The van der Waals surface area contributed by atoms with Crippen LogP contribution in [0.4, 0.5) is 0 Å². The van der Waals surface area contributed by atoms with Gasteiger partial charge in [-0.3, -0.25) is 9.62 Å². The molecule has 1 aliphatic rings. The van der Waals surface area contributed by atoms with Crippen molar-refractivity contribution in [3.05, 3.63) is 0 Å². The second-order valence-corrected chi connectivity index (χ2v) is 5.96. The second-order valence-electron chi connectivity index (χ2n) is 5.65. The molecule has 1 heterocycles. The Morgan fingerprint density at radius 1 is 1.50 bits per heavy atom. The summed E-state index contributed by atoms with van der Waals surface area (Å²) in [5.74, 6) is 0.744. The fourth-order valence-corrected chi connectivity index (χ4v) is 2.54. The van der Waals surface area contributed by atoms with Crippen LogP contribution in [0.2, 0.25) is 0 Å². The van der Waals surface area contributed by atoms with E-state index in [0.29, 0.717) is 6.10 Å². The van der Waals surface area contributed by atoms with Gasteiger partial charge in [-0.25, -0.2) is 0 Å². The third-order valence-corrected chi connectivity index (χ3v) is 3.50. The van der Waals surface area contributed by atoms with Gasteiger partial charge in [-0.2, -0.15) is 0 Å². The predicted molar refractivity (Wildman–Crippen MR) is 80.1 cm³/mol. The van der Waals surface area contributed by atoms with Crippen LogP contribution in [0, 0.1) is 5.92 Å². The molecule has 1 fully saturated rings. The molecule has 0 radical (unpaired) electrons. The summed E-state index contributed by atoms with van der Waals surface area (Å²) < 4.78 is 8.64. The summed E-state index contributed by atoms with van der Waals surface area (Å²) in [6.45, 7) is 11.9. The minimum absolute atomic E-state index is 0.369. The maximum Gasteiger partial charge on any atom is 0.0715 e. The van der Waals surface area contributed by atoms with Gasteiger partial charge in [0.15, 0.2) is 0 Å². The van der Waals surface area contributed by atoms with E-state index in [4.69, 9.17) is 4.74 Å². The molecule has 18 heavy (non-hydrogen) atoms. The highest BCUT2D eigenvalue weighted by Crippen LogP contribution is 2.08. The first-order valence-corrected chi connectivity index (χ1v) is 7.46. The third kappa shape index (κ3) is 6.95. The number of morpholine rings is 1. The summed E-state index contributed by atoms with van der Waals surface area (Å²) in [5, 5.41) is 0. The zero-order valence-corrected chi connectivity index (χ0v) is 13.0. The summed E-state index contributed by atoms with van der Waals surface area (Å²) in [7, 11) is 2.21. The Labute approximate surface area is 118 Å². The van der Waals surface area contributed by atoms with Gasteiger partial charge in [0, 0.05) is 39.3 Å². The first-order chi connectivity index (χ1) is 8.61. The third-order valence-electron chi connectivity index (χ3n) is 3.28. The van der Waals surface area contributed by atoms with Crippen LogP contribution in [0.1, 0.15) is 20.3 Å². The Balaban J connectivity index is 2.17. The number of thiol groups is 1. The fraction of sp³-hybridized carbons (Fsp3) is 1.00. The van der Waals surface area contributed by atoms with Crippen LogP contribution in [0.15, 0.2) is 0 Å². The Morgan fingerprint density at radius 3 is 2.94 bits per heavy atom. The van der Waals surface area contributed by atoms with Crippen molar-refractivity contribution in [2.24, 2.45) is 5.92 Å². The van der Waals surface area contributed by atoms with E-state index in [-0.39, 0.29) is 0 Å². The molecule has 0 unspecified atom stereocenters. The van der Waals surface area contributed by atoms with E-state index in [1.54, 1.807) is 0 Å². The number of ether oxygens (including phenoxy) is 1. The van der Waals surface area contributed by atoms with E-state index in [9.17, 15) is 0 Å². The Hall–Kier alpha value is 0.190. The maximum absolute atomic E-state index is 5.75. The lowest BCUT2D eigenvalue weighted by Gasteiger charge is -2.34. The lowest BCUT2D eigenvalue weighted by Crippen LogP contribution is -2.46. The Morgan fingerprint density at radius 2 is 2.28 bits per heavy atom. The molecule has 0 bridgehead atoms. The highest BCUT2D eigenvalue weighted by molar-refractivity contribution is 7.78. The van der Waals surface area contributed by atoms with Crippen LogP contribution in [-0.4, -0.2) is 68.8 Å². The van der Waals surface area contributed by atoms with Crippen LogP contribution in [0.5, 0.6) is 0 Å². The summed E-state index contributed by atoms with van der Waals surface area (Å²) >= 11 is 4.02. The van der Waals surface area contributed by atoms with E-state index >= 15 is 0 Å². The number of hydrogen-bond acceptors (Lipinski definition) is 5. The van der Waals surface area contributed by atoms with E-state index in [2.05, 4.69) is 48.2 Å². The van der Waals surface area contributed by atoms with Crippen LogP contribution in [0.3, 0.4) is 0 Å². The van der Waals surface area contributed by atoms with Gasteiger partial charge in [-0.15, -0.1) is 0 Å². The zero-order valence-electron chi connectivity index (χ0n) is 12.1. The smallest absolute Gasteiger partial charge is 0.0715 e. The van der Waals surface area contributed by atoms with Crippen LogP contribution >= 0.6 is 12.8 Å². The molecule has 0 aliphatic carbocycles. The van der Waals surface area contributed by atoms with Crippen molar-refractivity contribution in [2.75, 3.05) is 52.9 Å². The molecule has 4 nitrogen and oxygen atoms in total. The van der Waals surface area contributed by atoms with E-state index in [1.807, 2.05) is 0 Å². The Kier molecular flexibility index (Phi) is 8.26. The number of likely N-dealkylation sites (N-methyl/N-ethyl adjacent to an activating group) is 1. The van der Waals surface area contributed by atoms with Gasteiger partial charge in [0.25, 0.3) is 0 Å². The van der Waals surface area contributed by atoms with Crippen molar-refractivity contribution in [3.63, 3.8) is 0 Å². The molecule has 1 aliphatic heterocycles. The minimum atomic E-state index is 0.369. The highest BCUT2D eigenvalue weighted by Gasteiger charge is 2.19. The molecular formula is C13H29N3OS. The van der Waals surface area contributed by atoms with Gasteiger partial charge in [0.2, 0.25) is 0 Å². The van der Waals surface area contributed by atoms with Gasteiger partial charge < -0.3 is 9.64 Å². The maximum atomic E-state index is 5.75. The molecule has 1 rings (SSSR count). The zero-order chi connectivity index (χ0) is 13.4. The fourth-order valence-electron chi connectivity index (χ4n) is 2.41. The van der Waals surface area contributed by atoms with Crippen LogP contribution in [-0.2, 0) is 4.74 Å². The quantitative estimate of drug-likeness (QED) is 0.649. The van der Waals surface area contributed by atoms with Gasteiger partial charge >= 0.3 is 0 Å². The van der Waals surface area contributed by atoms with Crippen LogP contribution < -0.4 is 4.72 Å². The minimum Gasteiger partial charge on any atom is -0.376 e. The van der Waals surface area contributed by atoms with E-state index in [0.717, 1.165) is 51.7 Å². The van der Waals surface area contributed by atoms with Gasteiger partial charge in [0.05, 0.1) is 12.7 Å². The van der Waals surface area contributed by atoms with Crippen molar-refractivity contribution in [1.29, 1.82) is 0 Å². The summed E-state index contributed by atoms with van der Waals surface area (Å²) in [5.41, 5.74) is 0. The monoisotopic (exact) mass is 275 g/mol. The lowest BCUT2D eigenvalue weighted by molar-refractivity contribution is -0.0327. The van der Waals surface area contributed by atoms with E-state index in [1.165, 1.54) is 6.54 Å². The summed E-state index contributed by atoms with van der Waals surface area (Å²) in [6, 6.07) is 0. The molecule has 0 amide bonds. The normalized spacial score (nSPS) is 22.0. The molecular weight excluding hydrogens is 246 g/mol. The second kappa shape index (κ2) is 9.15. The number of hydrogen-bond donors (Lipinski definition) is 2. The van der Waals surface area contributed by atoms with Crippen molar-refractivity contribution >= 4 is 12.8 Å². The largest absolute Gasteiger partial charge is 0.376 e. The molecule has 1 atom stereocenters. The Bertz CT molecular complexity index is 216. The first-order valence-electron chi connectivity index (χ1n) is 7.01. The lowest BCUT2D eigenvalue weighted by atomic mass is 10.2. The highest BCUT2D eigenvalue weighted by atomic mass is 32.1.